The average Bonchev–Trinajstić information content (AvgIpc) is 3.12. The highest BCUT2D eigenvalue weighted by atomic mass is 32.2. The fraction of sp³-hybridized carbons (Fsp3) is 0.368. The molecule has 1 aromatic carbocycles. The van der Waals surface area contributed by atoms with E-state index in [0.717, 1.165) is 10.6 Å². The predicted octanol–water partition coefficient (Wildman–Crippen LogP) is 4.51. The molecule has 3 N–H and O–H groups in total. The number of amidine groups is 1. The van der Waals surface area contributed by atoms with Gasteiger partial charge in [-0.25, -0.2) is 4.39 Å². The summed E-state index contributed by atoms with van der Waals surface area (Å²) in [5.74, 6) is 0.183. The molecule has 1 unspecified atom stereocenters. The minimum atomic E-state index is -0.732. The molecule has 3 rings (SSSR count). The van der Waals surface area contributed by atoms with E-state index in [9.17, 15) is 9.18 Å². The summed E-state index contributed by atoms with van der Waals surface area (Å²) in [6.07, 6.45) is 0.608. The molecule has 8 heteroatoms. The lowest BCUT2D eigenvalue weighted by Crippen LogP contribution is -2.29. The largest absolute Gasteiger partial charge is 0.379 e. The summed E-state index contributed by atoms with van der Waals surface area (Å²) >= 11 is 2.84. The van der Waals surface area contributed by atoms with Crippen molar-refractivity contribution in [3.8, 4) is 0 Å². The maximum atomic E-state index is 14.5. The van der Waals surface area contributed by atoms with Crippen LogP contribution >= 0.6 is 23.1 Å². The molecule has 0 saturated carbocycles. The van der Waals surface area contributed by atoms with Crippen LogP contribution in [0.15, 0.2) is 35.3 Å². The number of thioether (sulfide) groups is 1. The molecule has 1 aliphatic rings. The van der Waals surface area contributed by atoms with Gasteiger partial charge in [-0.05, 0) is 50.6 Å². The lowest BCUT2D eigenvalue weighted by atomic mass is 9.89. The van der Waals surface area contributed by atoms with E-state index < -0.39 is 5.54 Å². The molecular formula is C19H22FN3O2S2. The third-order valence-electron chi connectivity index (χ3n) is 4.61. The summed E-state index contributed by atoms with van der Waals surface area (Å²) in [5.41, 5.74) is 6.07. The smallest absolute Gasteiger partial charge is 0.265 e. The van der Waals surface area contributed by atoms with Gasteiger partial charge >= 0.3 is 0 Å². The molecule has 0 radical (unpaired) electrons. The number of carbonyl (C=O) groups is 1. The minimum absolute atomic E-state index is 0.0681. The second kappa shape index (κ2) is 8.00. The van der Waals surface area contributed by atoms with E-state index in [1.165, 1.54) is 29.2 Å². The van der Waals surface area contributed by atoms with Gasteiger partial charge in [-0.1, -0.05) is 11.8 Å². The van der Waals surface area contributed by atoms with Gasteiger partial charge in [-0.15, -0.1) is 11.3 Å². The molecule has 0 spiro atoms. The van der Waals surface area contributed by atoms with E-state index in [0.29, 0.717) is 27.7 Å². The Balaban J connectivity index is 1.83. The molecule has 27 heavy (non-hydrogen) atoms. The van der Waals surface area contributed by atoms with E-state index in [-0.39, 0.29) is 17.8 Å². The topological polar surface area (TPSA) is 76.7 Å². The Morgan fingerprint density at radius 3 is 2.89 bits per heavy atom. The van der Waals surface area contributed by atoms with Gasteiger partial charge in [0.1, 0.15) is 5.82 Å². The molecule has 2 heterocycles. The lowest BCUT2D eigenvalue weighted by molar-refractivity contribution is 0.103. The average molecular weight is 408 g/mol. The highest BCUT2D eigenvalue weighted by Crippen LogP contribution is 2.37. The molecule has 0 saturated heterocycles. The molecule has 1 amide bonds. The van der Waals surface area contributed by atoms with E-state index in [2.05, 4.69) is 10.3 Å². The number of halogens is 1. The quantitative estimate of drug-likeness (QED) is 0.764. The van der Waals surface area contributed by atoms with E-state index >= 15 is 0 Å². The Kier molecular flexibility index (Phi) is 5.88. The van der Waals surface area contributed by atoms with Crippen LogP contribution < -0.4 is 11.1 Å². The number of nitrogens with zero attached hydrogens (tertiary/aromatic N) is 1. The van der Waals surface area contributed by atoms with Crippen molar-refractivity contribution in [1.29, 1.82) is 0 Å². The van der Waals surface area contributed by atoms with E-state index in [1.807, 2.05) is 19.9 Å². The number of benzene rings is 1. The summed E-state index contributed by atoms with van der Waals surface area (Å²) in [6.45, 7) is 3.79. The molecule has 0 aliphatic carbocycles. The van der Waals surface area contributed by atoms with E-state index in [1.54, 1.807) is 25.3 Å². The second-order valence-electron chi connectivity index (χ2n) is 6.55. The zero-order chi connectivity index (χ0) is 19.6. The molecule has 0 bridgehead atoms. The predicted molar refractivity (Wildman–Crippen MR) is 110 cm³/mol. The molecule has 144 valence electrons. The number of amides is 1. The third kappa shape index (κ3) is 4.34. The van der Waals surface area contributed by atoms with Gasteiger partial charge in [-0.2, -0.15) is 0 Å². The van der Waals surface area contributed by atoms with Crippen LogP contribution in [0.25, 0.3) is 0 Å². The number of anilines is 1. The Morgan fingerprint density at radius 1 is 1.41 bits per heavy atom. The summed E-state index contributed by atoms with van der Waals surface area (Å²) in [6, 6.07) is 8.20. The van der Waals surface area contributed by atoms with Crippen molar-refractivity contribution in [3.63, 3.8) is 0 Å². The van der Waals surface area contributed by atoms with Crippen molar-refractivity contribution in [2.45, 2.75) is 31.9 Å². The maximum absolute atomic E-state index is 14.5. The first-order valence-corrected chi connectivity index (χ1v) is 10.3. The number of nitrogens with one attached hydrogen (secondary N) is 1. The SMILES string of the molecule is COC(C)c1ccc(C(=O)Nc2ccc(F)c([C@]3(C)CCSC(N)=N3)c2)s1. The first-order valence-electron chi connectivity index (χ1n) is 8.54. The zero-order valence-electron chi connectivity index (χ0n) is 15.4. The number of thiophene rings is 1. The summed E-state index contributed by atoms with van der Waals surface area (Å²) in [7, 11) is 1.63. The highest BCUT2D eigenvalue weighted by molar-refractivity contribution is 8.13. The number of carbonyl (C=O) groups excluding carboxylic acids is 1. The van der Waals surface area contributed by atoms with Crippen molar-refractivity contribution >= 4 is 39.9 Å². The molecule has 2 aromatic rings. The lowest BCUT2D eigenvalue weighted by Gasteiger charge is -2.30. The van der Waals surface area contributed by atoms with Gasteiger partial charge in [0.2, 0.25) is 0 Å². The van der Waals surface area contributed by atoms with Crippen LogP contribution in [-0.4, -0.2) is 23.9 Å². The van der Waals surface area contributed by atoms with E-state index in [4.69, 9.17) is 10.5 Å². The summed E-state index contributed by atoms with van der Waals surface area (Å²) in [4.78, 5) is 18.5. The molecule has 1 aromatic heterocycles. The van der Waals surface area contributed by atoms with Crippen LogP contribution in [-0.2, 0) is 10.3 Å². The van der Waals surface area contributed by atoms with Crippen molar-refractivity contribution in [2.24, 2.45) is 10.7 Å². The second-order valence-corrected chi connectivity index (χ2v) is 8.78. The number of ether oxygens (including phenoxy) is 1. The Morgan fingerprint density at radius 2 is 2.19 bits per heavy atom. The minimum Gasteiger partial charge on any atom is -0.379 e. The third-order valence-corrected chi connectivity index (χ3v) is 6.65. The number of hydrogen-bond donors (Lipinski definition) is 2. The molecular weight excluding hydrogens is 385 g/mol. The van der Waals surface area contributed by atoms with Crippen LogP contribution in [0.2, 0.25) is 0 Å². The van der Waals surface area contributed by atoms with Gasteiger partial charge in [0, 0.05) is 29.0 Å². The molecule has 2 atom stereocenters. The number of hydrogen-bond acceptors (Lipinski definition) is 6. The van der Waals surface area contributed by atoms with Crippen molar-refractivity contribution < 1.29 is 13.9 Å². The zero-order valence-corrected chi connectivity index (χ0v) is 17.0. The maximum Gasteiger partial charge on any atom is 0.265 e. The summed E-state index contributed by atoms with van der Waals surface area (Å²) in [5, 5.41) is 3.30. The van der Waals surface area contributed by atoms with Gasteiger partial charge in [0.25, 0.3) is 5.91 Å². The van der Waals surface area contributed by atoms with Gasteiger partial charge in [-0.3, -0.25) is 9.79 Å². The van der Waals surface area contributed by atoms with Crippen LogP contribution in [0.4, 0.5) is 10.1 Å². The Hall–Kier alpha value is -1.90. The first-order chi connectivity index (χ1) is 12.8. The Labute approximate surface area is 166 Å². The molecule has 5 nitrogen and oxygen atoms in total. The van der Waals surface area contributed by atoms with Gasteiger partial charge in [0.05, 0.1) is 16.5 Å². The first kappa shape index (κ1) is 19.9. The summed E-state index contributed by atoms with van der Waals surface area (Å²) < 4.78 is 19.8. The van der Waals surface area contributed by atoms with Gasteiger partial charge in [0.15, 0.2) is 5.17 Å². The fourth-order valence-electron chi connectivity index (χ4n) is 2.90. The molecule has 0 fully saturated rings. The monoisotopic (exact) mass is 407 g/mol. The normalized spacial score (nSPS) is 20.8. The number of methoxy groups -OCH3 is 1. The van der Waals surface area contributed by atoms with Crippen molar-refractivity contribution in [2.75, 3.05) is 18.2 Å². The van der Waals surface area contributed by atoms with Gasteiger partial charge < -0.3 is 15.8 Å². The molecule has 1 aliphatic heterocycles. The standard InChI is InChI=1S/C19H22FN3O2S2/c1-11(25-3)15-6-7-16(27-15)17(24)22-12-4-5-14(20)13(10-12)19(2)8-9-26-18(21)23-19/h4-7,10-11H,8-9H2,1-3H3,(H2,21,23)(H,22,24)/t11?,19-/m0/s1. The van der Waals surface area contributed by atoms with Crippen LogP contribution in [0, 0.1) is 5.82 Å². The fourth-order valence-corrected chi connectivity index (χ4v) is 4.81. The van der Waals surface area contributed by atoms with Crippen molar-refractivity contribution in [1.82, 2.24) is 0 Å². The Bertz CT molecular complexity index is 884. The number of aliphatic imine (C=N–C) groups is 1. The van der Waals surface area contributed by atoms with Crippen LogP contribution in [0.5, 0.6) is 0 Å². The van der Waals surface area contributed by atoms with Crippen LogP contribution in [0.1, 0.15) is 46.5 Å². The highest BCUT2D eigenvalue weighted by Gasteiger charge is 2.32. The van der Waals surface area contributed by atoms with Crippen molar-refractivity contribution in [3.05, 3.63) is 51.5 Å². The van der Waals surface area contributed by atoms with Crippen LogP contribution in [0.3, 0.4) is 0 Å². The number of rotatable bonds is 5. The number of nitrogens with two attached hydrogens (primary N) is 1.